The van der Waals surface area contributed by atoms with Crippen molar-refractivity contribution in [2.75, 3.05) is 0 Å². The first-order valence-corrected chi connectivity index (χ1v) is 4.92. The van der Waals surface area contributed by atoms with Gasteiger partial charge in [-0.15, -0.1) is 0 Å². The summed E-state index contributed by atoms with van der Waals surface area (Å²) in [6, 6.07) is 3.98. The van der Waals surface area contributed by atoms with Gasteiger partial charge in [0.05, 0.1) is 12.7 Å². The summed E-state index contributed by atoms with van der Waals surface area (Å²) in [5.41, 5.74) is 2.29. The zero-order chi connectivity index (χ0) is 10.5. The molecule has 2 rings (SSSR count). The normalized spacial score (nSPS) is 11.0. The van der Waals surface area contributed by atoms with Crippen molar-refractivity contribution in [2.45, 2.75) is 13.5 Å². The van der Waals surface area contributed by atoms with Crippen LogP contribution in [-0.2, 0) is 6.54 Å². The molecule has 0 unspecified atom stereocenters. The maximum absolute atomic E-state index is 4.27. The van der Waals surface area contributed by atoms with E-state index in [1.807, 2.05) is 54.5 Å². The molecule has 3 nitrogen and oxygen atoms in total. The SMILES string of the molecule is C/C=C\c1cnn(Cc2cccnc2)c1. The monoisotopic (exact) mass is 199 g/mol. The van der Waals surface area contributed by atoms with Gasteiger partial charge >= 0.3 is 0 Å². The summed E-state index contributed by atoms with van der Waals surface area (Å²) in [7, 11) is 0. The molecule has 0 spiro atoms. The van der Waals surface area contributed by atoms with Crippen molar-refractivity contribution in [3.8, 4) is 0 Å². The van der Waals surface area contributed by atoms with Crippen LogP contribution in [0.5, 0.6) is 0 Å². The van der Waals surface area contributed by atoms with Gasteiger partial charge in [0, 0.05) is 24.2 Å². The smallest absolute Gasteiger partial charge is 0.0674 e. The Balaban J connectivity index is 2.11. The Kier molecular flexibility index (Phi) is 2.93. The van der Waals surface area contributed by atoms with Crippen molar-refractivity contribution in [1.82, 2.24) is 14.8 Å². The highest BCUT2D eigenvalue weighted by Gasteiger charge is 1.96. The van der Waals surface area contributed by atoms with Crippen LogP contribution >= 0.6 is 0 Å². The van der Waals surface area contributed by atoms with Crippen LogP contribution in [0.3, 0.4) is 0 Å². The number of hydrogen-bond donors (Lipinski definition) is 0. The van der Waals surface area contributed by atoms with Crippen LogP contribution < -0.4 is 0 Å². The Bertz CT molecular complexity index is 443. The summed E-state index contributed by atoms with van der Waals surface area (Å²) in [4.78, 5) is 4.07. The molecule has 0 bridgehead atoms. The van der Waals surface area contributed by atoms with Gasteiger partial charge in [-0.2, -0.15) is 5.10 Å². The van der Waals surface area contributed by atoms with E-state index in [2.05, 4.69) is 10.1 Å². The molecule has 0 N–H and O–H groups in total. The van der Waals surface area contributed by atoms with Crippen LogP contribution in [0.1, 0.15) is 18.1 Å². The molecule has 0 aliphatic heterocycles. The van der Waals surface area contributed by atoms with Crippen molar-refractivity contribution < 1.29 is 0 Å². The molecule has 76 valence electrons. The number of allylic oxidation sites excluding steroid dienone is 1. The number of hydrogen-bond acceptors (Lipinski definition) is 2. The second kappa shape index (κ2) is 4.55. The molecule has 0 saturated heterocycles. The lowest BCUT2D eigenvalue weighted by Gasteiger charge is -1.99. The Morgan fingerprint density at radius 1 is 1.40 bits per heavy atom. The van der Waals surface area contributed by atoms with E-state index >= 15 is 0 Å². The Labute approximate surface area is 89.1 Å². The van der Waals surface area contributed by atoms with Crippen LogP contribution in [0.2, 0.25) is 0 Å². The number of rotatable bonds is 3. The highest BCUT2D eigenvalue weighted by molar-refractivity contribution is 5.45. The van der Waals surface area contributed by atoms with Gasteiger partial charge in [0.1, 0.15) is 0 Å². The van der Waals surface area contributed by atoms with Crippen molar-refractivity contribution in [3.05, 3.63) is 54.1 Å². The highest BCUT2D eigenvalue weighted by Crippen LogP contribution is 2.03. The van der Waals surface area contributed by atoms with Crippen LogP contribution in [0.15, 0.2) is 43.0 Å². The largest absolute Gasteiger partial charge is 0.268 e. The van der Waals surface area contributed by atoms with E-state index in [1.165, 1.54) is 0 Å². The van der Waals surface area contributed by atoms with Crippen molar-refractivity contribution in [1.29, 1.82) is 0 Å². The van der Waals surface area contributed by atoms with E-state index in [-0.39, 0.29) is 0 Å². The molecule has 0 atom stereocenters. The minimum atomic E-state index is 0.769. The zero-order valence-corrected chi connectivity index (χ0v) is 8.67. The fraction of sp³-hybridized carbons (Fsp3) is 0.167. The third-order valence-electron chi connectivity index (χ3n) is 2.08. The molecular weight excluding hydrogens is 186 g/mol. The third-order valence-corrected chi connectivity index (χ3v) is 2.08. The topological polar surface area (TPSA) is 30.7 Å². The minimum Gasteiger partial charge on any atom is -0.268 e. The summed E-state index contributed by atoms with van der Waals surface area (Å²) in [5, 5.41) is 4.27. The summed E-state index contributed by atoms with van der Waals surface area (Å²) < 4.78 is 1.91. The predicted molar refractivity (Wildman–Crippen MR) is 60.3 cm³/mol. The molecule has 3 heteroatoms. The average molecular weight is 199 g/mol. The summed E-state index contributed by atoms with van der Waals surface area (Å²) in [6.45, 7) is 2.77. The van der Waals surface area contributed by atoms with E-state index in [1.54, 1.807) is 6.20 Å². The van der Waals surface area contributed by atoms with Crippen molar-refractivity contribution in [3.63, 3.8) is 0 Å². The van der Waals surface area contributed by atoms with Gasteiger partial charge in [-0.3, -0.25) is 9.67 Å². The maximum Gasteiger partial charge on any atom is 0.0674 e. The first-order chi connectivity index (χ1) is 7.38. The third kappa shape index (κ3) is 2.53. The fourth-order valence-electron chi connectivity index (χ4n) is 1.42. The molecule has 2 heterocycles. The summed E-state index contributed by atoms with van der Waals surface area (Å²) in [6.07, 6.45) is 11.6. The van der Waals surface area contributed by atoms with Crippen LogP contribution in [-0.4, -0.2) is 14.8 Å². The number of aromatic nitrogens is 3. The zero-order valence-electron chi connectivity index (χ0n) is 8.67. The van der Waals surface area contributed by atoms with Crippen LogP contribution in [0.25, 0.3) is 6.08 Å². The quantitative estimate of drug-likeness (QED) is 0.759. The van der Waals surface area contributed by atoms with Gasteiger partial charge in [0.2, 0.25) is 0 Å². The number of nitrogens with zero attached hydrogens (tertiary/aromatic N) is 3. The fourth-order valence-corrected chi connectivity index (χ4v) is 1.42. The molecular formula is C12H13N3. The standard InChI is InChI=1S/C12H13N3/c1-2-4-11-8-14-15(9-11)10-12-5-3-6-13-7-12/h2-9H,10H2,1H3/b4-2-. The summed E-state index contributed by atoms with van der Waals surface area (Å²) >= 11 is 0. The van der Waals surface area contributed by atoms with Gasteiger partial charge in [-0.25, -0.2) is 0 Å². The molecule has 0 radical (unpaired) electrons. The average Bonchev–Trinajstić information content (AvgIpc) is 2.68. The Morgan fingerprint density at radius 3 is 3.07 bits per heavy atom. The van der Waals surface area contributed by atoms with E-state index in [9.17, 15) is 0 Å². The lowest BCUT2D eigenvalue weighted by atomic mass is 10.3. The molecule has 0 fully saturated rings. The van der Waals surface area contributed by atoms with E-state index < -0.39 is 0 Å². The summed E-state index contributed by atoms with van der Waals surface area (Å²) in [5.74, 6) is 0. The number of pyridine rings is 1. The van der Waals surface area contributed by atoms with E-state index in [0.717, 1.165) is 17.7 Å². The molecule has 2 aromatic heterocycles. The molecule has 0 saturated carbocycles. The second-order valence-electron chi connectivity index (χ2n) is 3.33. The van der Waals surface area contributed by atoms with Crippen LogP contribution in [0, 0.1) is 0 Å². The van der Waals surface area contributed by atoms with E-state index in [4.69, 9.17) is 0 Å². The second-order valence-corrected chi connectivity index (χ2v) is 3.33. The Hall–Kier alpha value is -1.90. The first kappa shape index (κ1) is 9.65. The maximum atomic E-state index is 4.27. The van der Waals surface area contributed by atoms with E-state index in [0.29, 0.717) is 0 Å². The van der Waals surface area contributed by atoms with Crippen LogP contribution in [0.4, 0.5) is 0 Å². The highest BCUT2D eigenvalue weighted by atomic mass is 15.3. The molecule has 2 aromatic rings. The molecule has 0 aliphatic carbocycles. The van der Waals surface area contributed by atoms with Gasteiger partial charge in [0.25, 0.3) is 0 Å². The predicted octanol–water partition coefficient (Wildman–Crippen LogP) is 2.36. The van der Waals surface area contributed by atoms with Gasteiger partial charge in [-0.1, -0.05) is 18.2 Å². The Morgan fingerprint density at radius 2 is 2.33 bits per heavy atom. The minimum absolute atomic E-state index is 0.769. The van der Waals surface area contributed by atoms with Gasteiger partial charge in [0.15, 0.2) is 0 Å². The van der Waals surface area contributed by atoms with Gasteiger partial charge in [-0.05, 0) is 18.6 Å². The lowest BCUT2D eigenvalue weighted by Crippen LogP contribution is -1.99. The van der Waals surface area contributed by atoms with Gasteiger partial charge < -0.3 is 0 Å². The lowest BCUT2D eigenvalue weighted by molar-refractivity contribution is 0.685. The molecule has 0 aromatic carbocycles. The first-order valence-electron chi connectivity index (χ1n) is 4.92. The molecule has 15 heavy (non-hydrogen) atoms. The molecule has 0 aliphatic rings. The molecule has 0 amide bonds. The van der Waals surface area contributed by atoms with Crippen molar-refractivity contribution >= 4 is 6.08 Å². The van der Waals surface area contributed by atoms with Crippen molar-refractivity contribution in [2.24, 2.45) is 0 Å².